The van der Waals surface area contributed by atoms with Gasteiger partial charge in [-0.05, 0) is 36.8 Å². The summed E-state index contributed by atoms with van der Waals surface area (Å²) in [5.41, 5.74) is 4.07. The van der Waals surface area contributed by atoms with Gasteiger partial charge in [-0.3, -0.25) is 4.98 Å². The number of pyridine rings is 1. The van der Waals surface area contributed by atoms with E-state index >= 15 is 0 Å². The van der Waals surface area contributed by atoms with E-state index < -0.39 is 5.97 Å². The summed E-state index contributed by atoms with van der Waals surface area (Å²) in [6.45, 7) is 2.06. The number of carboxylic acids is 1. The number of aromatic nitrogens is 2. The lowest BCUT2D eigenvalue weighted by atomic mass is 10.1. The molecule has 2 heterocycles. The Kier molecular flexibility index (Phi) is 2.56. The fraction of sp³-hybridized carbons (Fsp3) is 0.0667. The van der Waals surface area contributed by atoms with Crippen LogP contribution in [0.5, 0.6) is 0 Å². The van der Waals surface area contributed by atoms with Gasteiger partial charge in [0, 0.05) is 17.1 Å². The molecule has 0 unspecified atom stereocenters. The first kappa shape index (κ1) is 11.5. The van der Waals surface area contributed by atoms with Gasteiger partial charge in [-0.1, -0.05) is 12.1 Å². The number of hydrogen-bond donors (Lipinski definition) is 2. The third-order valence-corrected chi connectivity index (χ3v) is 3.17. The van der Waals surface area contributed by atoms with Crippen LogP contribution in [0.15, 0.2) is 42.6 Å². The van der Waals surface area contributed by atoms with E-state index in [1.807, 2.05) is 18.2 Å². The molecular formula is C15H12N2O2. The van der Waals surface area contributed by atoms with Crippen LogP contribution in [0.3, 0.4) is 0 Å². The fourth-order valence-corrected chi connectivity index (χ4v) is 2.12. The van der Waals surface area contributed by atoms with Crippen LogP contribution in [0.2, 0.25) is 0 Å². The predicted octanol–water partition coefficient (Wildman–Crippen LogP) is 3.24. The Labute approximate surface area is 109 Å². The number of aryl methyl sites for hydroxylation is 1. The maximum absolute atomic E-state index is 10.8. The summed E-state index contributed by atoms with van der Waals surface area (Å²) >= 11 is 0. The summed E-state index contributed by atoms with van der Waals surface area (Å²) in [5.74, 6) is -0.966. The van der Waals surface area contributed by atoms with E-state index in [-0.39, 0.29) is 5.56 Å². The van der Waals surface area contributed by atoms with Gasteiger partial charge in [-0.15, -0.1) is 0 Å². The minimum absolute atomic E-state index is 0.191. The highest BCUT2D eigenvalue weighted by atomic mass is 16.4. The maximum Gasteiger partial charge on any atom is 0.337 e. The topological polar surface area (TPSA) is 66.0 Å². The van der Waals surface area contributed by atoms with E-state index in [1.54, 1.807) is 12.1 Å². The third-order valence-electron chi connectivity index (χ3n) is 3.17. The Morgan fingerprint density at radius 1 is 1.26 bits per heavy atom. The number of hydrogen-bond acceptors (Lipinski definition) is 2. The molecule has 4 nitrogen and oxygen atoms in total. The monoisotopic (exact) mass is 252 g/mol. The van der Waals surface area contributed by atoms with Crippen molar-refractivity contribution in [1.29, 1.82) is 0 Å². The number of nitrogens with one attached hydrogen (secondary N) is 1. The van der Waals surface area contributed by atoms with Gasteiger partial charge in [-0.25, -0.2) is 4.79 Å². The quantitative estimate of drug-likeness (QED) is 0.735. The van der Waals surface area contributed by atoms with Gasteiger partial charge in [0.2, 0.25) is 0 Å². The SMILES string of the molecule is Cc1cccc2[nH]c(-c3ccc(C(=O)O)cn3)cc12. The number of carbonyl (C=O) groups is 1. The zero-order valence-corrected chi connectivity index (χ0v) is 10.3. The van der Waals surface area contributed by atoms with Crippen molar-refractivity contribution in [2.45, 2.75) is 6.92 Å². The van der Waals surface area contributed by atoms with E-state index in [0.717, 1.165) is 22.3 Å². The van der Waals surface area contributed by atoms with E-state index in [0.29, 0.717) is 0 Å². The van der Waals surface area contributed by atoms with Crippen molar-refractivity contribution in [3.05, 3.63) is 53.7 Å². The normalized spacial score (nSPS) is 10.8. The molecule has 0 atom stereocenters. The number of fused-ring (bicyclic) bond motifs is 1. The summed E-state index contributed by atoms with van der Waals surface area (Å²) in [6.07, 6.45) is 1.37. The molecule has 0 saturated heterocycles. The lowest BCUT2D eigenvalue weighted by Gasteiger charge is -1.97. The van der Waals surface area contributed by atoms with Crippen molar-refractivity contribution in [3.63, 3.8) is 0 Å². The number of H-pyrrole nitrogens is 1. The minimum atomic E-state index is -0.966. The summed E-state index contributed by atoms with van der Waals surface area (Å²) in [4.78, 5) is 18.3. The number of carboxylic acid groups (broad SMARTS) is 1. The molecule has 19 heavy (non-hydrogen) atoms. The number of nitrogens with zero attached hydrogens (tertiary/aromatic N) is 1. The second kappa shape index (κ2) is 4.24. The van der Waals surface area contributed by atoms with Gasteiger partial charge in [0.05, 0.1) is 17.0 Å². The molecule has 0 aliphatic heterocycles. The molecule has 0 amide bonds. The van der Waals surface area contributed by atoms with E-state index in [9.17, 15) is 4.79 Å². The van der Waals surface area contributed by atoms with Crippen molar-refractivity contribution in [2.75, 3.05) is 0 Å². The van der Waals surface area contributed by atoms with Crippen LogP contribution in [0, 0.1) is 6.92 Å². The van der Waals surface area contributed by atoms with E-state index in [1.165, 1.54) is 11.8 Å². The number of benzene rings is 1. The highest BCUT2D eigenvalue weighted by Crippen LogP contribution is 2.25. The molecule has 0 aliphatic rings. The second-order valence-electron chi connectivity index (χ2n) is 4.46. The highest BCUT2D eigenvalue weighted by Gasteiger charge is 2.08. The molecule has 4 heteroatoms. The molecule has 2 N–H and O–H groups in total. The van der Waals surface area contributed by atoms with Crippen LogP contribution in [0.25, 0.3) is 22.3 Å². The number of aromatic carboxylic acids is 1. The largest absolute Gasteiger partial charge is 0.478 e. The average molecular weight is 252 g/mol. The maximum atomic E-state index is 10.8. The van der Waals surface area contributed by atoms with Gasteiger partial charge >= 0.3 is 5.97 Å². The van der Waals surface area contributed by atoms with Crippen LogP contribution < -0.4 is 0 Å². The number of aromatic amines is 1. The standard InChI is InChI=1S/C15H12N2O2/c1-9-3-2-4-12-11(9)7-14(17-12)13-6-5-10(8-16-13)15(18)19/h2-8,17H,1H3,(H,18,19). The molecule has 0 bridgehead atoms. The lowest BCUT2D eigenvalue weighted by molar-refractivity contribution is 0.0696. The van der Waals surface area contributed by atoms with Crippen LogP contribution in [0.4, 0.5) is 0 Å². The van der Waals surface area contributed by atoms with Crippen molar-refractivity contribution in [1.82, 2.24) is 9.97 Å². The van der Waals surface area contributed by atoms with Crippen LogP contribution in [0.1, 0.15) is 15.9 Å². The summed E-state index contributed by atoms with van der Waals surface area (Å²) in [7, 11) is 0. The summed E-state index contributed by atoms with van der Waals surface area (Å²) in [6, 6.07) is 11.4. The minimum Gasteiger partial charge on any atom is -0.478 e. The Balaban J connectivity index is 2.09. The molecule has 0 saturated carbocycles. The van der Waals surface area contributed by atoms with Crippen molar-refractivity contribution in [3.8, 4) is 11.4 Å². The van der Waals surface area contributed by atoms with Gasteiger partial charge in [0.15, 0.2) is 0 Å². The molecule has 0 radical (unpaired) electrons. The Morgan fingerprint density at radius 2 is 2.11 bits per heavy atom. The molecule has 2 aromatic heterocycles. The smallest absolute Gasteiger partial charge is 0.337 e. The molecule has 94 valence electrons. The first-order valence-corrected chi connectivity index (χ1v) is 5.93. The van der Waals surface area contributed by atoms with Gasteiger partial charge < -0.3 is 10.1 Å². The van der Waals surface area contributed by atoms with Crippen molar-refractivity contribution < 1.29 is 9.90 Å². The van der Waals surface area contributed by atoms with E-state index in [2.05, 4.69) is 23.0 Å². The molecule has 3 aromatic rings. The lowest BCUT2D eigenvalue weighted by Crippen LogP contribution is -1.97. The molecule has 0 fully saturated rings. The molecule has 0 spiro atoms. The highest BCUT2D eigenvalue weighted by molar-refractivity contribution is 5.89. The van der Waals surface area contributed by atoms with Gasteiger partial charge in [-0.2, -0.15) is 0 Å². The van der Waals surface area contributed by atoms with Crippen molar-refractivity contribution in [2.24, 2.45) is 0 Å². The Hall–Kier alpha value is -2.62. The van der Waals surface area contributed by atoms with Crippen LogP contribution >= 0.6 is 0 Å². The average Bonchev–Trinajstić information content (AvgIpc) is 2.84. The van der Waals surface area contributed by atoms with E-state index in [4.69, 9.17) is 5.11 Å². The summed E-state index contributed by atoms with van der Waals surface area (Å²) < 4.78 is 0. The van der Waals surface area contributed by atoms with Crippen molar-refractivity contribution >= 4 is 16.9 Å². The zero-order valence-electron chi connectivity index (χ0n) is 10.3. The van der Waals surface area contributed by atoms with Gasteiger partial charge in [0.25, 0.3) is 0 Å². The third kappa shape index (κ3) is 1.97. The molecule has 1 aromatic carbocycles. The first-order chi connectivity index (χ1) is 9.15. The predicted molar refractivity (Wildman–Crippen MR) is 73.2 cm³/mol. The zero-order chi connectivity index (χ0) is 13.4. The number of rotatable bonds is 2. The Bertz CT molecular complexity index is 757. The van der Waals surface area contributed by atoms with Gasteiger partial charge in [0.1, 0.15) is 0 Å². The first-order valence-electron chi connectivity index (χ1n) is 5.93. The second-order valence-corrected chi connectivity index (χ2v) is 4.46. The summed E-state index contributed by atoms with van der Waals surface area (Å²) in [5, 5.41) is 10.0. The molecular weight excluding hydrogens is 240 g/mol. The van der Waals surface area contributed by atoms with Crippen LogP contribution in [-0.4, -0.2) is 21.0 Å². The molecule has 3 rings (SSSR count). The Morgan fingerprint density at radius 3 is 2.74 bits per heavy atom. The fourth-order valence-electron chi connectivity index (χ4n) is 2.12. The molecule has 0 aliphatic carbocycles. The van der Waals surface area contributed by atoms with Crippen LogP contribution in [-0.2, 0) is 0 Å².